The minimum atomic E-state index is 0.414. The van der Waals surface area contributed by atoms with E-state index in [1.54, 1.807) is 0 Å². The van der Waals surface area contributed by atoms with E-state index in [0.717, 1.165) is 24.5 Å². The number of hydrogen-bond donors (Lipinski definition) is 1. The first-order valence-electron chi connectivity index (χ1n) is 5.54. The first-order chi connectivity index (χ1) is 7.17. The van der Waals surface area contributed by atoms with Crippen molar-refractivity contribution in [2.24, 2.45) is 5.73 Å². The van der Waals surface area contributed by atoms with Gasteiger partial charge in [-0.2, -0.15) is 0 Å². The van der Waals surface area contributed by atoms with Crippen molar-refractivity contribution >= 4 is 0 Å². The maximum Gasteiger partial charge on any atom is 0.0547 e. The highest BCUT2D eigenvalue weighted by molar-refractivity contribution is 5.09. The molecule has 0 amide bonds. The van der Waals surface area contributed by atoms with E-state index < -0.39 is 0 Å². The Morgan fingerprint density at radius 3 is 2.73 bits per heavy atom. The second kappa shape index (κ2) is 5.83. The molecular weight excluding hydrogens is 186 g/mol. The Bertz CT molecular complexity index is 299. The van der Waals surface area contributed by atoms with Crippen LogP contribution in [0.25, 0.3) is 0 Å². The molecule has 0 spiro atoms. The molecule has 0 aliphatic rings. The van der Waals surface area contributed by atoms with E-state index in [-0.39, 0.29) is 0 Å². The van der Waals surface area contributed by atoms with Crippen molar-refractivity contribution in [1.29, 1.82) is 0 Å². The summed E-state index contributed by atoms with van der Waals surface area (Å²) in [7, 11) is 0. The molecule has 0 aliphatic heterocycles. The molecule has 1 unspecified atom stereocenters. The molecule has 1 rings (SSSR count). The highest BCUT2D eigenvalue weighted by atomic mass is 15.2. The quantitative estimate of drug-likeness (QED) is 0.796. The molecule has 3 heteroatoms. The number of rotatable bonds is 5. The van der Waals surface area contributed by atoms with Crippen LogP contribution in [0.5, 0.6) is 0 Å². The Morgan fingerprint density at radius 2 is 2.20 bits per heavy atom. The first kappa shape index (κ1) is 12.1. The van der Waals surface area contributed by atoms with Crippen LogP contribution < -0.4 is 5.73 Å². The second-order valence-corrected chi connectivity index (χ2v) is 3.92. The molecule has 15 heavy (non-hydrogen) atoms. The van der Waals surface area contributed by atoms with Crippen molar-refractivity contribution in [3.8, 4) is 0 Å². The number of aromatic nitrogens is 1. The first-order valence-corrected chi connectivity index (χ1v) is 5.54. The molecule has 1 aromatic rings. The Balaban J connectivity index is 2.66. The van der Waals surface area contributed by atoms with Crippen molar-refractivity contribution in [1.82, 2.24) is 9.88 Å². The topological polar surface area (TPSA) is 42.2 Å². The lowest BCUT2D eigenvalue weighted by Crippen LogP contribution is -2.37. The van der Waals surface area contributed by atoms with Gasteiger partial charge in [0, 0.05) is 24.8 Å². The summed E-state index contributed by atoms with van der Waals surface area (Å²) in [5.74, 6) is 0. The molecule has 1 atom stereocenters. The largest absolute Gasteiger partial charge is 0.329 e. The molecule has 3 nitrogen and oxygen atoms in total. The van der Waals surface area contributed by atoms with Crippen molar-refractivity contribution in [3.05, 3.63) is 29.6 Å². The smallest absolute Gasteiger partial charge is 0.0547 e. The van der Waals surface area contributed by atoms with Gasteiger partial charge in [0.15, 0.2) is 0 Å². The summed E-state index contributed by atoms with van der Waals surface area (Å²) in [4.78, 5) is 6.83. The van der Waals surface area contributed by atoms with E-state index in [1.165, 1.54) is 0 Å². The van der Waals surface area contributed by atoms with Crippen LogP contribution in [0.1, 0.15) is 25.2 Å². The lowest BCUT2D eigenvalue weighted by Gasteiger charge is -2.26. The molecule has 0 aliphatic carbocycles. The van der Waals surface area contributed by atoms with E-state index in [4.69, 9.17) is 5.73 Å². The standard InChI is InChI=1S/C12H21N3/c1-4-15(11(3)8-13)9-12-7-5-6-10(2)14-12/h5-7,11H,4,8-9,13H2,1-3H3. The van der Waals surface area contributed by atoms with Gasteiger partial charge < -0.3 is 5.73 Å². The van der Waals surface area contributed by atoms with E-state index >= 15 is 0 Å². The Hall–Kier alpha value is -0.930. The molecule has 0 saturated heterocycles. The van der Waals surface area contributed by atoms with Crippen molar-refractivity contribution in [2.45, 2.75) is 33.4 Å². The molecule has 0 radical (unpaired) electrons. The van der Waals surface area contributed by atoms with E-state index in [0.29, 0.717) is 12.6 Å². The summed E-state index contributed by atoms with van der Waals surface area (Å²) in [6.45, 7) is 8.91. The monoisotopic (exact) mass is 207 g/mol. The van der Waals surface area contributed by atoms with Gasteiger partial charge in [-0.15, -0.1) is 0 Å². The van der Waals surface area contributed by atoms with Gasteiger partial charge in [0.1, 0.15) is 0 Å². The lowest BCUT2D eigenvalue weighted by atomic mass is 10.2. The summed E-state index contributed by atoms with van der Waals surface area (Å²) in [6.07, 6.45) is 0. The highest BCUT2D eigenvalue weighted by Crippen LogP contribution is 2.06. The van der Waals surface area contributed by atoms with Crippen molar-refractivity contribution in [3.63, 3.8) is 0 Å². The molecule has 0 fully saturated rings. The third-order valence-electron chi connectivity index (χ3n) is 2.68. The highest BCUT2D eigenvalue weighted by Gasteiger charge is 2.10. The molecule has 1 aromatic heterocycles. The second-order valence-electron chi connectivity index (χ2n) is 3.92. The summed E-state index contributed by atoms with van der Waals surface area (Å²) in [6, 6.07) is 6.56. The molecular formula is C12H21N3. The zero-order chi connectivity index (χ0) is 11.3. The maximum atomic E-state index is 5.67. The fourth-order valence-corrected chi connectivity index (χ4v) is 1.62. The van der Waals surface area contributed by atoms with Crippen molar-refractivity contribution < 1.29 is 0 Å². The van der Waals surface area contributed by atoms with Gasteiger partial charge >= 0.3 is 0 Å². The molecule has 0 bridgehead atoms. The van der Waals surface area contributed by atoms with E-state index in [1.807, 2.05) is 13.0 Å². The molecule has 0 saturated carbocycles. The summed E-state index contributed by atoms with van der Waals surface area (Å²) in [5, 5.41) is 0. The van der Waals surface area contributed by atoms with Crippen LogP contribution >= 0.6 is 0 Å². The van der Waals surface area contributed by atoms with Gasteiger partial charge in [0.05, 0.1) is 5.69 Å². The van der Waals surface area contributed by atoms with Crippen LogP contribution in [0.4, 0.5) is 0 Å². The Kier molecular flexibility index (Phi) is 4.72. The minimum absolute atomic E-state index is 0.414. The normalized spacial score (nSPS) is 13.1. The summed E-state index contributed by atoms with van der Waals surface area (Å²) in [5.41, 5.74) is 7.87. The molecule has 1 heterocycles. The zero-order valence-electron chi connectivity index (χ0n) is 9.90. The average molecular weight is 207 g/mol. The average Bonchev–Trinajstić information content (AvgIpc) is 2.25. The van der Waals surface area contributed by atoms with Gasteiger partial charge in [0.25, 0.3) is 0 Å². The van der Waals surface area contributed by atoms with Crippen LogP contribution in [-0.2, 0) is 6.54 Å². The molecule has 0 aromatic carbocycles. The van der Waals surface area contributed by atoms with Gasteiger partial charge in [-0.05, 0) is 32.5 Å². The van der Waals surface area contributed by atoms with E-state index in [9.17, 15) is 0 Å². The number of nitrogens with zero attached hydrogens (tertiary/aromatic N) is 2. The van der Waals surface area contributed by atoms with Crippen LogP contribution in [0.3, 0.4) is 0 Å². The predicted molar refractivity (Wildman–Crippen MR) is 63.6 cm³/mol. The van der Waals surface area contributed by atoms with Crippen LogP contribution in [0.15, 0.2) is 18.2 Å². The van der Waals surface area contributed by atoms with Gasteiger partial charge in [-0.25, -0.2) is 0 Å². The minimum Gasteiger partial charge on any atom is -0.329 e. The third-order valence-corrected chi connectivity index (χ3v) is 2.68. The maximum absolute atomic E-state index is 5.67. The van der Waals surface area contributed by atoms with Crippen LogP contribution in [-0.4, -0.2) is 29.0 Å². The molecule has 84 valence electrons. The van der Waals surface area contributed by atoms with Crippen LogP contribution in [0, 0.1) is 6.92 Å². The zero-order valence-corrected chi connectivity index (χ0v) is 9.90. The van der Waals surface area contributed by atoms with E-state index in [2.05, 4.69) is 35.9 Å². The molecule has 2 N–H and O–H groups in total. The summed E-state index contributed by atoms with van der Waals surface area (Å²) < 4.78 is 0. The van der Waals surface area contributed by atoms with Gasteiger partial charge in [0.2, 0.25) is 0 Å². The number of aryl methyl sites for hydroxylation is 1. The predicted octanol–water partition coefficient (Wildman–Crippen LogP) is 1.56. The SMILES string of the molecule is CCN(Cc1cccc(C)n1)C(C)CN. The number of nitrogens with two attached hydrogens (primary N) is 1. The fourth-order valence-electron chi connectivity index (χ4n) is 1.62. The van der Waals surface area contributed by atoms with Gasteiger partial charge in [-0.1, -0.05) is 13.0 Å². The van der Waals surface area contributed by atoms with Crippen molar-refractivity contribution in [2.75, 3.05) is 13.1 Å². The summed E-state index contributed by atoms with van der Waals surface area (Å²) >= 11 is 0. The van der Waals surface area contributed by atoms with Gasteiger partial charge in [-0.3, -0.25) is 9.88 Å². The number of pyridine rings is 1. The number of likely N-dealkylation sites (N-methyl/N-ethyl adjacent to an activating group) is 1. The Labute approximate surface area is 92.3 Å². The fraction of sp³-hybridized carbons (Fsp3) is 0.583. The lowest BCUT2D eigenvalue weighted by molar-refractivity contribution is 0.213. The van der Waals surface area contributed by atoms with Crippen LogP contribution in [0.2, 0.25) is 0 Å². The third kappa shape index (κ3) is 3.61. The Morgan fingerprint density at radius 1 is 1.47 bits per heavy atom. The number of hydrogen-bond acceptors (Lipinski definition) is 3.